The molecule has 0 unspecified atom stereocenters. The molecule has 0 spiro atoms. The van der Waals surface area contributed by atoms with Crippen LogP contribution < -0.4 is 11.1 Å². The van der Waals surface area contributed by atoms with E-state index in [4.69, 9.17) is 5.73 Å². The summed E-state index contributed by atoms with van der Waals surface area (Å²) in [6, 6.07) is 0. The van der Waals surface area contributed by atoms with E-state index in [2.05, 4.69) is 34.2 Å². The van der Waals surface area contributed by atoms with Crippen molar-refractivity contribution >= 4 is 30.0 Å². The molecular weight excluding hydrogens is 160 g/mol. The predicted molar refractivity (Wildman–Crippen MR) is 51.7 cm³/mol. The van der Waals surface area contributed by atoms with Crippen LogP contribution in [0.3, 0.4) is 0 Å². The normalized spacial score (nSPS) is 11.5. The van der Waals surface area contributed by atoms with E-state index in [0.29, 0.717) is 5.96 Å². The Labute approximate surface area is 70.9 Å². The number of hydrogen-bond acceptors (Lipinski definition) is 2. The summed E-state index contributed by atoms with van der Waals surface area (Å²) in [5.41, 5.74) is 5.17. The summed E-state index contributed by atoms with van der Waals surface area (Å²) in [4.78, 5) is 7.36. The molecule has 0 amide bonds. The van der Waals surface area contributed by atoms with Crippen LogP contribution in [0.1, 0.15) is 6.92 Å². The van der Waals surface area contributed by atoms with Gasteiger partial charge in [-0.05, 0) is 25.9 Å². The predicted octanol–water partition coefficient (Wildman–Crippen LogP) is 0.410. The van der Waals surface area contributed by atoms with Gasteiger partial charge in [0.15, 0.2) is 5.11 Å². The van der Waals surface area contributed by atoms with E-state index in [1.54, 1.807) is 12.3 Å². The first-order valence-electron chi connectivity index (χ1n) is 2.93. The standard InChI is InChI=1S/C6H10N4S/c1-3-4-9-6(8-2)10-5(7)11/h3-4H,2H2,1H3,(H3,7,9,10,11)/b4-3-. The van der Waals surface area contributed by atoms with Crippen molar-refractivity contribution in [2.24, 2.45) is 15.7 Å². The first kappa shape index (κ1) is 9.77. The molecule has 60 valence electrons. The molecule has 0 aromatic rings. The minimum atomic E-state index is 0.126. The van der Waals surface area contributed by atoms with Crippen molar-refractivity contribution in [1.29, 1.82) is 0 Å². The van der Waals surface area contributed by atoms with Crippen LogP contribution in [0.15, 0.2) is 22.3 Å². The van der Waals surface area contributed by atoms with E-state index in [0.717, 1.165) is 0 Å². The maximum atomic E-state index is 5.17. The Morgan fingerprint density at radius 2 is 2.36 bits per heavy atom. The highest BCUT2D eigenvalue weighted by Crippen LogP contribution is 1.78. The van der Waals surface area contributed by atoms with Crippen LogP contribution >= 0.6 is 12.2 Å². The summed E-state index contributed by atoms with van der Waals surface area (Å²) in [6.45, 7) is 5.11. The van der Waals surface area contributed by atoms with Gasteiger partial charge in [0.25, 0.3) is 0 Å². The smallest absolute Gasteiger partial charge is 0.228 e. The van der Waals surface area contributed by atoms with Gasteiger partial charge in [-0.1, -0.05) is 6.08 Å². The van der Waals surface area contributed by atoms with Crippen LogP contribution in [-0.2, 0) is 0 Å². The number of aliphatic imine (C=N–C) groups is 2. The summed E-state index contributed by atoms with van der Waals surface area (Å²) in [6.07, 6.45) is 3.32. The molecule has 11 heavy (non-hydrogen) atoms. The quantitative estimate of drug-likeness (QED) is 0.340. The number of nitrogens with one attached hydrogen (secondary N) is 1. The Morgan fingerprint density at radius 1 is 1.73 bits per heavy atom. The van der Waals surface area contributed by atoms with Gasteiger partial charge in [0.1, 0.15) is 0 Å². The SMILES string of the molecule is C=N/C(=N\C=C/C)NC(N)=S. The fraction of sp³-hybridized carbons (Fsp3) is 0.167. The Balaban J connectivity index is 4.15. The van der Waals surface area contributed by atoms with Gasteiger partial charge in [0, 0.05) is 6.20 Å². The molecule has 0 atom stereocenters. The van der Waals surface area contributed by atoms with E-state index < -0.39 is 0 Å². The van der Waals surface area contributed by atoms with Gasteiger partial charge in [0.2, 0.25) is 5.96 Å². The lowest BCUT2D eigenvalue weighted by molar-refractivity contribution is 1.28. The molecule has 0 aromatic heterocycles. The summed E-state index contributed by atoms with van der Waals surface area (Å²) in [7, 11) is 0. The van der Waals surface area contributed by atoms with Crippen molar-refractivity contribution in [3.63, 3.8) is 0 Å². The molecule has 0 saturated heterocycles. The fourth-order valence-corrected chi connectivity index (χ4v) is 0.459. The Kier molecular flexibility index (Phi) is 4.93. The van der Waals surface area contributed by atoms with Crippen LogP contribution in [-0.4, -0.2) is 17.8 Å². The molecule has 0 aliphatic rings. The first-order chi connectivity index (χ1) is 5.20. The zero-order valence-electron chi connectivity index (χ0n) is 6.24. The molecule has 0 aromatic carbocycles. The van der Waals surface area contributed by atoms with E-state index in [9.17, 15) is 0 Å². The zero-order chi connectivity index (χ0) is 8.69. The highest BCUT2D eigenvalue weighted by Gasteiger charge is 1.91. The Hall–Kier alpha value is -1.23. The molecule has 0 bridgehead atoms. The lowest BCUT2D eigenvalue weighted by Gasteiger charge is -1.98. The molecule has 5 heteroatoms. The van der Waals surface area contributed by atoms with Crippen LogP contribution in [0.2, 0.25) is 0 Å². The largest absolute Gasteiger partial charge is 0.376 e. The molecule has 0 aliphatic heterocycles. The number of guanidine groups is 1. The molecule has 4 nitrogen and oxygen atoms in total. The number of thiocarbonyl (C=S) groups is 1. The second-order valence-corrected chi connectivity index (χ2v) is 2.02. The van der Waals surface area contributed by atoms with Crippen molar-refractivity contribution < 1.29 is 0 Å². The average Bonchev–Trinajstić information content (AvgIpc) is 1.97. The molecule has 0 saturated carbocycles. The van der Waals surface area contributed by atoms with Crippen molar-refractivity contribution in [3.8, 4) is 0 Å². The van der Waals surface area contributed by atoms with Gasteiger partial charge in [0.05, 0.1) is 0 Å². The number of rotatable bonds is 1. The van der Waals surface area contributed by atoms with Gasteiger partial charge in [-0.2, -0.15) is 0 Å². The van der Waals surface area contributed by atoms with Crippen molar-refractivity contribution in [1.82, 2.24) is 5.32 Å². The monoisotopic (exact) mass is 170 g/mol. The first-order valence-corrected chi connectivity index (χ1v) is 3.33. The molecule has 0 radical (unpaired) electrons. The van der Waals surface area contributed by atoms with Gasteiger partial charge < -0.3 is 11.1 Å². The van der Waals surface area contributed by atoms with Crippen molar-refractivity contribution in [3.05, 3.63) is 12.3 Å². The number of nitrogens with two attached hydrogens (primary N) is 1. The summed E-state index contributed by atoms with van der Waals surface area (Å²) >= 11 is 4.56. The second kappa shape index (κ2) is 5.55. The molecule has 0 aliphatic carbocycles. The molecular formula is C6H10N4S. The summed E-state index contributed by atoms with van der Waals surface area (Å²) in [5, 5.41) is 2.67. The lowest BCUT2D eigenvalue weighted by atomic mass is 10.7. The zero-order valence-corrected chi connectivity index (χ0v) is 7.06. The maximum absolute atomic E-state index is 5.17. The van der Waals surface area contributed by atoms with Crippen LogP contribution in [0, 0.1) is 0 Å². The van der Waals surface area contributed by atoms with E-state index in [1.807, 2.05) is 6.92 Å². The van der Waals surface area contributed by atoms with Crippen LogP contribution in [0.25, 0.3) is 0 Å². The minimum absolute atomic E-state index is 0.126. The molecule has 0 fully saturated rings. The number of allylic oxidation sites excluding steroid dienone is 1. The fourth-order valence-electron chi connectivity index (χ4n) is 0.368. The third-order valence-corrected chi connectivity index (χ3v) is 0.833. The maximum Gasteiger partial charge on any atom is 0.228 e. The highest BCUT2D eigenvalue weighted by atomic mass is 32.1. The summed E-state index contributed by atoms with van der Waals surface area (Å²) in [5.74, 6) is 0.301. The molecule has 3 N–H and O–H groups in total. The summed E-state index contributed by atoms with van der Waals surface area (Å²) < 4.78 is 0. The molecule has 0 heterocycles. The van der Waals surface area contributed by atoms with E-state index >= 15 is 0 Å². The van der Waals surface area contributed by atoms with Crippen molar-refractivity contribution in [2.75, 3.05) is 0 Å². The molecule has 0 rings (SSSR count). The number of nitrogens with zero attached hydrogens (tertiary/aromatic N) is 2. The van der Waals surface area contributed by atoms with E-state index in [-0.39, 0.29) is 5.11 Å². The topological polar surface area (TPSA) is 62.8 Å². The third-order valence-electron chi connectivity index (χ3n) is 0.731. The van der Waals surface area contributed by atoms with Gasteiger partial charge in [-0.3, -0.25) is 0 Å². The second-order valence-electron chi connectivity index (χ2n) is 1.58. The van der Waals surface area contributed by atoms with Gasteiger partial charge in [-0.25, -0.2) is 9.98 Å². The van der Waals surface area contributed by atoms with Gasteiger partial charge >= 0.3 is 0 Å². The van der Waals surface area contributed by atoms with Crippen LogP contribution in [0.5, 0.6) is 0 Å². The Morgan fingerprint density at radius 3 is 2.73 bits per heavy atom. The Bertz CT molecular complexity index is 207. The van der Waals surface area contributed by atoms with Gasteiger partial charge in [-0.15, -0.1) is 0 Å². The van der Waals surface area contributed by atoms with Crippen LogP contribution in [0.4, 0.5) is 0 Å². The number of hydrogen-bond donors (Lipinski definition) is 2. The minimum Gasteiger partial charge on any atom is -0.376 e. The highest BCUT2D eigenvalue weighted by molar-refractivity contribution is 7.80. The lowest BCUT2D eigenvalue weighted by Crippen LogP contribution is -2.33. The van der Waals surface area contributed by atoms with E-state index in [1.165, 1.54) is 0 Å². The third kappa shape index (κ3) is 5.23. The average molecular weight is 170 g/mol. The van der Waals surface area contributed by atoms with Crippen molar-refractivity contribution in [2.45, 2.75) is 6.92 Å².